The molecule has 0 aromatic carbocycles. The third-order valence-electron chi connectivity index (χ3n) is 1.69. The molecule has 0 rings (SSSR count). The fourth-order valence-electron chi connectivity index (χ4n) is 1.23. The normalized spacial score (nSPS) is 14.1. The Hall–Kier alpha value is -0.580. The first-order chi connectivity index (χ1) is 6.28. The Balaban J connectivity index is 4.30. The maximum absolute atomic E-state index is 11.5. The second-order valence-electron chi connectivity index (χ2n) is 3.89. The van der Waals surface area contributed by atoms with E-state index in [-0.39, 0.29) is 17.4 Å². The van der Waals surface area contributed by atoms with Crippen LogP contribution in [0, 0.1) is 11.8 Å². The van der Waals surface area contributed by atoms with Crippen LogP contribution in [0.15, 0.2) is 0 Å². The maximum atomic E-state index is 11.5. The van der Waals surface area contributed by atoms with Gasteiger partial charge in [0.15, 0.2) is 9.84 Å². The Kier molecular flexibility index (Phi) is 5.12. The molecule has 0 saturated heterocycles. The number of rotatable bonds is 5. The van der Waals surface area contributed by atoms with E-state index in [4.69, 9.17) is 0 Å². The summed E-state index contributed by atoms with van der Waals surface area (Å²) in [7, 11) is -1.88. The Morgan fingerprint density at radius 1 is 1.21 bits per heavy atom. The predicted octanol–water partition coefficient (Wildman–Crippen LogP) is 0.866. The summed E-state index contributed by atoms with van der Waals surface area (Å²) in [6.07, 6.45) is 0. The molecule has 0 saturated carbocycles. The molecule has 0 spiro atoms. The van der Waals surface area contributed by atoms with E-state index in [9.17, 15) is 13.2 Å². The van der Waals surface area contributed by atoms with Crippen molar-refractivity contribution < 1.29 is 17.9 Å². The van der Waals surface area contributed by atoms with Gasteiger partial charge in [-0.25, -0.2) is 8.42 Å². The fraction of sp³-hybridized carbons (Fsp3) is 0.889. The van der Waals surface area contributed by atoms with Crippen LogP contribution in [0.4, 0.5) is 0 Å². The molecule has 0 bridgehead atoms. The van der Waals surface area contributed by atoms with Crippen LogP contribution in [-0.4, -0.2) is 33.0 Å². The second-order valence-corrected chi connectivity index (χ2v) is 6.05. The van der Waals surface area contributed by atoms with Crippen LogP contribution in [0.1, 0.15) is 20.8 Å². The quantitative estimate of drug-likeness (QED) is 0.647. The minimum atomic E-state index is -3.14. The van der Waals surface area contributed by atoms with Gasteiger partial charge < -0.3 is 4.74 Å². The predicted molar refractivity (Wildman–Crippen MR) is 54.7 cm³/mol. The number of sulfone groups is 1. The summed E-state index contributed by atoms with van der Waals surface area (Å²) in [6, 6.07) is 0. The molecule has 0 aromatic heterocycles. The van der Waals surface area contributed by atoms with Gasteiger partial charge in [0.2, 0.25) is 0 Å². The molecule has 1 atom stereocenters. The molecule has 0 aliphatic heterocycles. The maximum Gasteiger partial charge on any atom is 0.309 e. The van der Waals surface area contributed by atoms with Gasteiger partial charge in [0.05, 0.1) is 24.5 Å². The number of carbonyl (C=O) groups excluding carboxylic acids is 1. The van der Waals surface area contributed by atoms with Gasteiger partial charge in [-0.05, 0) is 5.92 Å². The first-order valence-corrected chi connectivity index (χ1v) is 6.39. The lowest BCUT2D eigenvalue weighted by Crippen LogP contribution is -2.25. The lowest BCUT2D eigenvalue weighted by atomic mass is 10.2. The largest absolute Gasteiger partial charge is 0.469 e. The van der Waals surface area contributed by atoms with Gasteiger partial charge in [0.1, 0.15) is 0 Å². The SMILES string of the molecule is COC(=O)C(C)CS(=O)(=O)CC(C)C. The van der Waals surface area contributed by atoms with E-state index in [1.807, 2.05) is 13.8 Å². The van der Waals surface area contributed by atoms with Gasteiger partial charge in [-0.2, -0.15) is 0 Å². The van der Waals surface area contributed by atoms with E-state index in [0.717, 1.165) is 0 Å². The van der Waals surface area contributed by atoms with Crippen molar-refractivity contribution in [3.63, 3.8) is 0 Å². The zero-order valence-electron chi connectivity index (χ0n) is 9.11. The van der Waals surface area contributed by atoms with Crippen LogP contribution in [0.25, 0.3) is 0 Å². The Labute approximate surface area is 85.6 Å². The highest BCUT2D eigenvalue weighted by molar-refractivity contribution is 7.91. The number of ether oxygens (including phenoxy) is 1. The Morgan fingerprint density at radius 3 is 2.07 bits per heavy atom. The number of esters is 1. The standard InChI is InChI=1S/C9H18O4S/c1-7(2)5-14(11,12)6-8(3)9(10)13-4/h7-8H,5-6H2,1-4H3. The lowest BCUT2D eigenvalue weighted by Gasteiger charge is -2.11. The van der Waals surface area contributed by atoms with Gasteiger partial charge in [0.25, 0.3) is 0 Å². The summed E-state index contributed by atoms with van der Waals surface area (Å²) in [5.74, 6) is -0.974. The van der Waals surface area contributed by atoms with Crippen LogP contribution in [0.3, 0.4) is 0 Å². The third kappa shape index (κ3) is 5.21. The molecule has 0 heterocycles. The average molecular weight is 222 g/mol. The monoisotopic (exact) mass is 222 g/mol. The molecular weight excluding hydrogens is 204 g/mol. The van der Waals surface area contributed by atoms with Crippen molar-refractivity contribution in [2.45, 2.75) is 20.8 Å². The van der Waals surface area contributed by atoms with Crippen LogP contribution in [0.2, 0.25) is 0 Å². The molecular formula is C9H18O4S. The van der Waals surface area contributed by atoms with E-state index >= 15 is 0 Å². The van der Waals surface area contributed by atoms with Crippen molar-refractivity contribution in [3.05, 3.63) is 0 Å². The molecule has 0 aliphatic rings. The highest BCUT2D eigenvalue weighted by atomic mass is 32.2. The lowest BCUT2D eigenvalue weighted by molar-refractivity contribution is -0.144. The number of methoxy groups -OCH3 is 1. The van der Waals surface area contributed by atoms with E-state index in [1.165, 1.54) is 7.11 Å². The molecule has 0 amide bonds. The average Bonchev–Trinajstić information content (AvgIpc) is 1.99. The molecule has 4 nitrogen and oxygen atoms in total. The molecule has 0 radical (unpaired) electrons. The minimum Gasteiger partial charge on any atom is -0.469 e. The summed E-state index contributed by atoms with van der Waals surface area (Å²) in [5.41, 5.74) is 0. The highest BCUT2D eigenvalue weighted by Gasteiger charge is 2.22. The van der Waals surface area contributed by atoms with E-state index in [0.29, 0.717) is 0 Å². The molecule has 0 fully saturated rings. The molecule has 14 heavy (non-hydrogen) atoms. The number of carbonyl (C=O) groups is 1. The van der Waals surface area contributed by atoms with Crippen LogP contribution >= 0.6 is 0 Å². The summed E-state index contributed by atoms with van der Waals surface area (Å²) in [6.45, 7) is 5.23. The second kappa shape index (κ2) is 5.34. The first-order valence-electron chi connectivity index (χ1n) is 4.56. The van der Waals surface area contributed by atoms with Gasteiger partial charge in [0, 0.05) is 0 Å². The van der Waals surface area contributed by atoms with Crippen molar-refractivity contribution in [1.82, 2.24) is 0 Å². The third-order valence-corrected chi connectivity index (χ3v) is 3.88. The fourth-order valence-corrected chi connectivity index (χ4v) is 3.28. The highest BCUT2D eigenvalue weighted by Crippen LogP contribution is 2.07. The Morgan fingerprint density at radius 2 is 1.71 bits per heavy atom. The molecule has 5 heteroatoms. The molecule has 0 N–H and O–H groups in total. The van der Waals surface area contributed by atoms with Crippen molar-refractivity contribution in [1.29, 1.82) is 0 Å². The van der Waals surface area contributed by atoms with E-state index in [2.05, 4.69) is 4.74 Å². The van der Waals surface area contributed by atoms with Gasteiger partial charge in [-0.1, -0.05) is 20.8 Å². The number of hydrogen-bond donors (Lipinski definition) is 0. The molecule has 84 valence electrons. The van der Waals surface area contributed by atoms with Crippen molar-refractivity contribution in [2.24, 2.45) is 11.8 Å². The summed E-state index contributed by atoms with van der Waals surface area (Å²) >= 11 is 0. The zero-order valence-corrected chi connectivity index (χ0v) is 9.93. The topological polar surface area (TPSA) is 60.4 Å². The summed E-state index contributed by atoms with van der Waals surface area (Å²) in [4.78, 5) is 11.0. The van der Waals surface area contributed by atoms with Gasteiger partial charge in [-0.15, -0.1) is 0 Å². The van der Waals surface area contributed by atoms with Crippen LogP contribution in [-0.2, 0) is 19.4 Å². The Bertz CT molecular complexity index is 279. The molecule has 0 aliphatic carbocycles. The van der Waals surface area contributed by atoms with Gasteiger partial charge in [-0.3, -0.25) is 4.79 Å². The smallest absolute Gasteiger partial charge is 0.309 e. The summed E-state index contributed by atoms with van der Waals surface area (Å²) < 4.78 is 27.4. The first kappa shape index (κ1) is 13.4. The molecule has 1 unspecified atom stereocenters. The van der Waals surface area contributed by atoms with Crippen LogP contribution in [0.5, 0.6) is 0 Å². The van der Waals surface area contributed by atoms with Crippen molar-refractivity contribution >= 4 is 15.8 Å². The van der Waals surface area contributed by atoms with E-state index in [1.54, 1.807) is 6.92 Å². The molecule has 0 aromatic rings. The van der Waals surface area contributed by atoms with Crippen molar-refractivity contribution in [3.8, 4) is 0 Å². The van der Waals surface area contributed by atoms with Crippen molar-refractivity contribution in [2.75, 3.05) is 18.6 Å². The van der Waals surface area contributed by atoms with Gasteiger partial charge >= 0.3 is 5.97 Å². The summed E-state index contributed by atoms with van der Waals surface area (Å²) in [5, 5.41) is 0. The number of hydrogen-bond acceptors (Lipinski definition) is 4. The zero-order chi connectivity index (χ0) is 11.4. The minimum absolute atomic E-state index is 0.0878. The van der Waals surface area contributed by atoms with Crippen LogP contribution < -0.4 is 0 Å². The van der Waals surface area contributed by atoms with E-state index < -0.39 is 21.7 Å².